The van der Waals surface area contributed by atoms with Crippen molar-refractivity contribution >= 4 is 35.0 Å². The Hall–Kier alpha value is -0.770. The number of aromatic nitrogens is 2. The highest BCUT2D eigenvalue weighted by molar-refractivity contribution is 7.98. The van der Waals surface area contributed by atoms with Gasteiger partial charge in [-0.15, -0.1) is 11.8 Å². The maximum Gasteiger partial charge on any atom is 0.116 e. The van der Waals surface area contributed by atoms with Crippen molar-refractivity contribution in [3.63, 3.8) is 0 Å². The number of hydrogen-bond acceptors (Lipinski definition) is 3. The third kappa shape index (κ3) is 3.35. The molecule has 0 unspecified atom stereocenters. The van der Waals surface area contributed by atoms with Gasteiger partial charge in [-0.05, 0) is 30.7 Å². The van der Waals surface area contributed by atoms with Gasteiger partial charge < -0.3 is 0 Å². The van der Waals surface area contributed by atoms with Crippen LogP contribution in [-0.2, 0) is 5.75 Å². The van der Waals surface area contributed by atoms with E-state index < -0.39 is 0 Å². The molecule has 0 saturated carbocycles. The lowest BCUT2D eigenvalue weighted by Gasteiger charge is -2.06. The summed E-state index contributed by atoms with van der Waals surface area (Å²) in [6.07, 6.45) is 1.56. The fourth-order valence-corrected chi connectivity index (χ4v) is 2.99. The van der Waals surface area contributed by atoms with E-state index in [9.17, 15) is 0 Å². The minimum absolute atomic E-state index is 0.691. The third-order valence-corrected chi connectivity index (χ3v) is 3.87. The summed E-state index contributed by atoms with van der Waals surface area (Å²) in [4.78, 5) is 8.23. The van der Waals surface area contributed by atoms with E-state index in [0.29, 0.717) is 15.8 Å². The van der Waals surface area contributed by atoms with E-state index in [1.807, 2.05) is 31.2 Å². The van der Waals surface area contributed by atoms with E-state index >= 15 is 0 Å². The summed E-state index contributed by atoms with van der Waals surface area (Å²) in [6, 6.07) is 7.46. The van der Waals surface area contributed by atoms with Gasteiger partial charge in [-0.1, -0.05) is 29.3 Å². The van der Waals surface area contributed by atoms with E-state index in [1.165, 1.54) is 0 Å². The molecule has 2 rings (SSSR count). The molecular formula is C12H10Cl2N2S. The van der Waals surface area contributed by atoms with Crippen LogP contribution >= 0.6 is 35.0 Å². The van der Waals surface area contributed by atoms with E-state index in [2.05, 4.69) is 9.97 Å². The Labute approximate surface area is 114 Å². The van der Waals surface area contributed by atoms with E-state index in [-0.39, 0.29) is 0 Å². The molecular weight excluding hydrogens is 275 g/mol. The van der Waals surface area contributed by atoms with Gasteiger partial charge in [0.25, 0.3) is 0 Å². The smallest absolute Gasteiger partial charge is 0.116 e. The van der Waals surface area contributed by atoms with Gasteiger partial charge in [0, 0.05) is 21.5 Å². The molecule has 0 atom stereocenters. The first kappa shape index (κ1) is 12.7. The first-order valence-electron chi connectivity index (χ1n) is 5.01. The molecule has 0 aliphatic heterocycles. The predicted octanol–water partition coefficient (Wildman–Crippen LogP) is 4.38. The second-order valence-corrected chi connectivity index (χ2v) is 5.30. The summed E-state index contributed by atoms with van der Waals surface area (Å²) in [5, 5.41) is 2.31. The Kier molecular flexibility index (Phi) is 4.26. The van der Waals surface area contributed by atoms with Gasteiger partial charge in [-0.25, -0.2) is 9.97 Å². The molecule has 0 saturated heterocycles. The molecule has 0 aliphatic carbocycles. The molecule has 5 heteroatoms. The van der Waals surface area contributed by atoms with Crippen LogP contribution in [0.1, 0.15) is 11.3 Å². The second-order valence-electron chi connectivity index (χ2n) is 3.49. The minimum Gasteiger partial charge on any atom is -0.242 e. The van der Waals surface area contributed by atoms with Crippen LogP contribution in [0.2, 0.25) is 10.0 Å². The molecule has 1 heterocycles. The molecule has 0 radical (unpaired) electrons. The van der Waals surface area contributed by atoms with Gasteiger partial charge in [-0.2, -0.15) is 0 Å². The molecule has 0 bridgehead atoms. The van der Waals surface area contributed by atoms with Crippen LogP contribution in [0.4, 0.5) is 0 Å². The molecule has 1 aromatic carbocycles. The number of thioether (sulfide) groups is 1. The van der Waals surface area contributed by atoms with Crippen LogP contribution < -0.4 is 0 Å². The van der Waals surface area contributed by atoms with Crippen molar-refractivity contribution < 1.29 is 0 Å². The average molecular weight is 285 g/mol. The van der Waals surface area contributed by atoms with Crippen LogP contribution in [0, 0.1) is 6.92 Å². The van der Waals surface area contributed by atoms with Crippen molar-refractivity contribution in [2.45, 2.75) is 17.7 Å². The average Bonchev–Trinajstić information content (AvgIpc) is 2.28. The molecule has 0 amide bonds. The first-order valence-corrected chi connectivity index (χ1v) is 6.75. The summed E-state index contributed by atoms with van der Waals surface area (Å²) in [7, 11) is 0. The minimum atomic E-state index is 0.691. The Morgan fingerprint density at radius 2 is 1.88 bits per heavy atom. The quantitative estimate of drug-likeness (QED) is 0.618. The number of benzene rings is 1. The van der Waals surface area contributed by atoms with Crippen molar-refractivity contribution in [1.29, 1.82) is 0 Å². The van der Waals surface area contributed by atoms with Crippen LogP contribution in [0.5, 0.6) is 0 Å². The molecule has 2 nitrogen and oxygen atoms in total. The van der Waals surface area contributed by atoms with Gasteiger partial charge >= 0.3 is 0 Å². The van der Waals surface area contributed by atoms with Crippen molar-refractivity contribution in [1.82, 2.24) is 9.97 Å². The van der Waals surface area contributed by atoms with Gasteiger partial charge in [0.2, 0.25) is 0 Å². The molecule has 88 valence electrons. The highest BCUT2D eigenvalue weighted by Crippen LogP contribution is 2.30. The van der Waals surface area contributed by atoms with E-state index in [0.717, 1.165) is 16.3 Å². The van der Waals surface area contributed by atoms with Crippen LogP contribution in [0.25, 0.3) is 0 Å². The Morgan fingerprint density at radius 1 is 1.18 bits per heavy atom. The van der Waals surface area contributed by atoms with Gasteiger partial charge in [0.1, 0.15) is 6.33 Å². The Balaban J connectivity index is 2.13. The lowest BCUT2D eigenvalue weighted by molar-refractivity contribution is 1.01. The van der Waals surface area contributed by atoms with Gasteiger partial charge in [-0.3, -0.25) is 0 Å². The normalized spacial score (nSPS) is 10.5. The Bertz CT molecular complexity index is 511. The van der Waals surface area contributed by atoms with Gasteiger partial charge in [0.05, 0.1) is 5.03 Å². The lowest BCUT2D eigenvalue weighted by atomic mass is 10.2. The maximum absolute atomic E-state index is 6.10. The maximum atomic E-state index is 6.10. The van der Waals surface area contributed by atoms with Gasteiger partial charge in [0.15, 0.2) is 0 Å². The standard InChI is InChI=1S/C12H10Cl2N2S/c1-8-5-12(16-7-15-8)17-6-9-10(13)3-2-4-11(9)14/h2-5,7H,6H2,1H3. The fourth-order valence-electron chi connectivity index (χ4n) is 1.33. The molecule has 1 aromatic heterocycles. The zero-order valence-corrected chi connectivity index (χ0v) is 11.5. The molecule has 2 aromatic rings. The topological polar surface area (TPSA) is 25.8 Å². The first-order chi connectivity index (χ1) is 8.16. The molecule has 0 spiro atoms. The van der Waals surface area contributed by atoms with Crippen molar-refractivity contribution in [2.75, 3.05) is 0 Å². The van der Waals surface area contributed by atoms with Crippen LogP contribution in [0.3, 0.4) is 0 Å². The number of rotatable bonds is 3. The monoisotopic (exact) mass is 284 g/mol. The molecule has 0 fully saturated rings. The van der Waals surface area contributed by atoms with Crippen LogP contribution in [0.15, 0.2) is 35.6 Å². The molecule has 17 heavy (non-hydrogen) atoms. The number of nitrogens with zero attached hydrogens (tertiary/aromatic N) is 2. The fraction of sp³-hybridized carbons (Fsp3) is 0.167. The summed E-state index contributed by atoms with van der Waals surface area (Å²) >= 11 is 13.8. The zero-order chi connectivity index (χ0) is 12.3. The van der Waals surface area contributed by atoms with Crippen molar-refractivity contribution in [2.24, 2.45) is 0 Å². The van der Waals surface area contributed by atoms with E-state index in [4.69, 9.17) is 23.2 Å². The SMILES string of the molecule is Cc1cc(SCc2c(Cl)cccc2Cl)ncn1. The summed E-state index contributed by atoms with van der Waals surface area (Å²) in [5.74, 6) is 0.703. The number of aryl methyl sites for hydroxylation is 1. The number of hydrogen-bond donors (Lipinski definition) is 0. The lowest BCUT2D eigenvalue weighted by Crippen LogP contribution is -1.88. The third-order valence-electron chi connectivity index (χ3n) is 2.20. The highest BCUT2D eigenvalue weighted by atomic mass is 35.5. The second kappa shape index (κ2) is 5.71. The molecule has 0 aliphatic rings. The van der Waals surface area contributed by atoms with Crippen molar-refractivity contribution in [3.8, 4) is 0 Å². The van der Waals surface area contributed by atoms with Crippen molar-refractivity contribution in [3.05, 3.63) is 51.9 Å². The molecule has 0 N–H and O–H groups in total. The predicted molar refractivity (Wildman–Crippen MR) is 72.8 cm³/mol. The van der Waals surface area contributed by atoms with Crippen LogP contribution in [-0.4, -0.2) is 9.97 Å². The largest absolute Gasteiger partial charge is 0.242 e. The highest BCUT2D eigenvalue weighted by Gasteiger charge is 2.06. The summed E-state index contributed by atoms with van der Waals surface area (Å²) in [5.41, 5.74) is 1.89. The summed E-state index contributed by atoms with van der Waals surface area (Å²) < 4.78 is 0. The Morgan fingerprint density at radius 3 is 2.53 bits per heavy atom. The van der Waals surface area contributed by atoms with E-state index in [1.54, 1.807) is 18.1 Å². The number of halogens is 2. The summed E-state index contributed by atoms with van der Waals surface area (Å²) in [6.45, 7) is 1.94. The zero-order valence-electron chi connectivity index (χ0n) is 9.15.